The second kappa shape index (κ2) is 9.23. The van der Waals surface area contributed by atoms with Crippen LogP contribution in [0.1, 0.15) is 65.8 Å². The lowest BCUT2D eigenvalue weighted by Crippen LogP contribution is -2.37. The minimum atomic E-state index is -0.340. The van der Waals surface area contributed by atoms with Crippen molar-refractivity contribution in [2.75, 3.05) is 5.88 Å². The number of hydrogen-bond donors (Lipinski definition) is 1. The van der Waals surface area contributed by atoms with Gasteiger partial charge in [-0.2, -0.15) is 0 Å². The van der Waals surface area contributed by atoms with Crippen LogP contribution in [0, 0.1) is 0 Å². The van der Waals surface area contributed by atoms with Crippen LogP contribution >= 0.6 is 11.6 Å². The summed E-state index contributed by atoms with van der Waals surface area (Å²) < 4.78 is 1.84. The molecule has 1 unspecified atom stereocenters. The number of carbonyl (C=O) groups is 1. The van der Waals surface area contributed by atoms with Crippen molar-refractivity contribution in [3.63, 3.8) is 0 Å². The topological polar surface area (TPSA) is 51.1 Å². The monoisotopic (exact) mass is 386 g/mol. The first kappa shape index (κ1) is 19.7. The number of aryl methyl sites for hydroxylation is 1. The first-order chi connectivity index (χ1) is 13.2. The lowest BCUT2D eigenvalue weighted by molar-refractivity contribution is 0.0938. The average molecular weight is 387 g/mol. The molecule has 0 spiro atoms. The molecule has 2 aromatic rings. The van der Waals surface area contributed by atoms with Gasteiger partial charge in [0.1, 0.15) is 5.56 Å². The van der Waals surface area contributed by atoms with Gasteiger partial charge < -0.3 is 9.88 Å². The van der Waals surface area contributed by atoms with E-state index >= 15 is 0 Å². The third kappa shape index (κ3) is 4.44. The van der Waals surface area contributed by atoms with Crippen LogP contribution in [-0.2, 0) is 19.4 Å². The molecule has 1 aromatic carbocycles. The fourth-order valence-electron chi connectivity index (χ4n) is 3.73. The fraction of sp³-hybridized carbons (Fsp3) is 0.455. The van der Waals surface area contributed by atoms with Crippen molar-refractivity contribution in [2.45, 2.75) is 58.0 Å². The Morgan fingerprint density at radius 2 is 1.96 bits per heavy atom. The van der Waals surface area contributed by atoms with Crippen LogP contribution in [0.2, 0.25) is 0 Å². The SMILES string of the molecule is CCCCn1c2c(cc(C(=O)NC(CCl)c3ccccc3)c1=O)CCCC2. The van der Waals surface area contributed by atoms with Crippen molar-refractivity contribution in [1.29, 1.82) is 0 Å². The summed E-state index contributed by atoms with van der Waals surface area (Å²) in [5, 5.41) is 2.95. The van der Waals surface area contributed by atoms with Crippen molar-refractivity contribution >= 4 is 17.5 Å². The number of aromatic nitrogens is 1. The highest BCUT2D eigenvalue weighted by Gasteiger charge is 2.23. The van der Waals surface area contributed by atoms with Crippen LogP contribution < -0.4 is 10.9 Å². The number of carbonyl (C=O) groups excluding carboxylic acids is 1. The van der Waals surface area contributed by atoms with Gasteiger partial charge in [0.2, 0.25) is 0 Å². The van der Waals surface area contributed by atoms with Crippen LogP contribution in [0.5, 0.6) is 0 Å². The molecule has 1 aliphatic carbocycles. The highest BCUT2D eigenvalue weighted by atomic mass is 35.5. The Morgan fingerprint density at radius 1 is 1.22 bits per heavy atom. The molecular weight excluding hydrogens is 360 g/mol. The molecule has 1 heterocycles. The average Bonchev–Trinajstić information content (AvgIpc) is 2.71. The first-order valence-electron chi connectivity index (χ1n) is 9.83. The lowest BCUT2D eigenvalue weighted by atomic mass is 9.94. The molecule has 1 amide bonds. The van der Waals surface area contributed by atoms with E-state index in [1.807, 2.05) is 41.0 Å². The number of rotatable bonds is 7. The quantitative estimate of drug-likeness (QED) is 0.723. The Balaban J connectivity index is 1.93. The molecule has 0 fully saturated rings. The second-order valence-electron chi connectivity index (χ2n) is 7.14. The molecule has 1 aromatic heterocycles. The number of hydrogen-bond acceptors (Lipinski definition) is 2. The van der Waals surface area contributed by atoms with E-state index in [1.54, 1.807) is 0 Å². The maximum absolute atomic E-state index is 13.1. The van der Waals surface area contributed by atoms with E-state index in [4.69, 9.17) is 11.6 Å². The van der Waals surface area contributed by atoms with Crippen molar-refractivity contribution in [2.24, 2.45) is 0 Å². The molecule has 0 saturated heterocycles. The first-order valence-corrected chi connectivity index (χ1v) is 10.4. The predicted octanol–water partition coefficient (Wildman–Crippen LogP) is 4.24. The van der Waals surface area contributed by atoms with Crippen LogP contribution in [0.15, 0.2) is 41.2 Å². The number of fused-ring (bicyclic) bond motifs is 1. The normalized spacial score (nSPS) is 14.4. The van der Waals surface area contributed by atoms with Crippen LogP contribution in [0.25, 0.3) is 0 Å². The van der Waals surface area contributed by atoms with E-state index in [-0.39, 0.29) is 29.0 Å². The van der Waals surface area contributed by atoms with Crippen molar-refractivity contribution in [3.8, 4) is 0 Å². The van der Waals surface area contributed by atoms with Gasteiger partial charge in [-0.1, -0.05) is 43.7 Å². The number of benzene rings is 1. The number of unbranched alkanes of at least 4 members (excludes halogenated alkanes) is 1. The fourth-order valence-corrected chi connectivity index (χ4v) is 3.98. The molecule has 1 N–H and O–H groups in total. The molecule has 0 bridgehead atoms. The summed E-state index contributed by atoms with van der Waals surface area (Å²) in [6, 6.07) is 11.1. The van der Waals surface area contributed by atoms with E-state index in [2.05, 4.69) is 12.2 Å². The Labute approximate surface area is 165 Å². The van der Waals surface area contributed by atoms with Crippen LogP contribution in [0.3, 0.4) is 0 Å². The Morgan fingerprint density at radius 3 is 2.67 bits per heavy atom. The zero-order valence-electron chi connectivity index (χ0n) is 15.8. The number of amides is 1. The smallest absolute Gasteiger partial charge is 0.263 e. The Bertz CT molecular complexity index is 845. The summed E-state index contributed by atoms with van der Waals surface area (Å²) >= 11 is 6.09. The molecular formula is C22H27ClN2O2. The molecule has 1 aliphatic rings. The summed E-state index contributed by atoms with van der Waals surface area (Å²) in [6.45, 7) is 2.79. The zero-order valence-corrected chi connectivity index (χ0v) is 16.6. The van der Waals surface area contributed by atoms with E-state index in [0.29, 0.717) is 6.54 Å². The number of pyridine rings is 1. The largest absolute Gasteiger partial charge is 0.344 e. The highest BCUT2D eigenvalue weighted by molar-refractivity contribution is 6.18. The number of nitrogens with zero attached hydrogens (tertiary/aromatic N) is 1. The third-order valence-corrected chi connectivity index (χ3v) is 5.55. The van der Waals surface area contributed by atoms with Crippen LogP contribution in [0.4, 0.5) is 0 Å². The lowest BCUT2D eigenvalue weighted by Gasteiger charge is -2.23. The number of alkyl halides is 1. The summed E-state index contributed by atoms with van der Waals surface area (Å²) in [4.78, 5) is 26.0. The predicted molar refractivity (Wildman–Crippen MR) is 110 cm³/mol. The zero-order chi connectivity index (χ0) is 19.2. The molecule has 0 aliphatic heterocycles. The van der Waals surface area contributed by atoms with Crippen molar-refractivity contribution < 1.29 is 4.79 Å². The third-order valence-electron chi connectivity index (χ3n) is 5.24. The van der Waals surface area contributed by atoms with Crippen molar-refractivity contribution in [3.05, 3.63) is 69.1 Å². The summed E-state index contributed by atoms with van der Waals surface area (Å²) in [5.41, 5.74) is 3.25. The number of nitrogens with one attached hydrogen (secondary N) is 1. The molecule has 3 rings (SSSR count). The summed E-state index contributed by atoms with van der Waals surface area (Å²) in [7, 11) is 0. The van der Waals surface area contributed by atoms with Gasteiger partial charge in [0, 0.05) is 18.1 Å². The van der Waals surface area contributed by atoms with Gasteiger partial charge in [0.05, 0.1) is 6.04 Å². The van der Waals surface area contributed by atoms with E-state index in [9.17, 15) is 9.59 Å². The van der Waals surface area contributed by atoms with E-state index < -0.39 is 0 Å². The molecule has 0 radical (unpaired) electrons. The van der Waals surface area contributed by atoms with Gasteiger partial charge >= 0.3 is 0 Å². The van der Waals surface area contributed by atoms with Gasteiger partial charge in [-0.05, 0) is 49.3 Å². The van der Waals surface area contributed by atoms with E-state index in [0.717, 1.165) is 55.3 Å². The minimum Gasteiger partial charge on any atom is -0.344 e. The van der Waals surface area contributed by atoms with Gasteiger partial charge in [0.25, 0.3) is 11.5 Å². The molecule has 144 valence electrons. The van der Waals surface area contributed by atoms with E-state index in [1.165, 1.54) is 0 Å². The Hall–Kier alpha value is -2.07. The van der Waals surface area contributed by atoms with Gasteiger partial charge in [-0.25, -0.2) is 0 Å². The molecule has 0 saturated carbocycles. The van der Waals surface area contributed by atoms with Crippen LogP contribution in [-0.4, -0.2) is 16.4 Å². The minimum absolute atomic E-state index is 0.178. The standard InChI is InChI=1S/C22H27ClN2O2/c1-2-3-13-25-20-12-8-7-11-17(20)14-18(22(25)27)21(26)24-19(15-23)16-9-5-4-6-10-16/h4-6,9-10,14,19H,2-3,7-8,11-13,15H2,1H3,(H,24,26). The summed E-state index contributed by atoms with van der Waals surface area (Å²) in [6.07, 6.45) is 6.01. The molecule has 1 atom stereocenters. The number of halogens is 1. The Kier molecular flexibility index (Phi) is 6.73. The van der Waals surface area contributed by atoms with Gasteiger partial charge in [0.15, 0.2) is 0 Å². The van der Waals surface area contributed by atoms with Gasteiger partial charge in [-0.15, -0.1) is 11.6 Å². The highest BCUT2D eigenvalue weighted by Crippen LogP contribution is 2.22. The van der Waals surface area contributed by atoms with Crippen molar-refractivity contribution in [1.82, 2.24) is 9.88 Å². The second-order valence-corrected chi connectivity index (χ2v) is 7.45. The maximum Gasteiger partial charge on any atom is 0.263 e. The molecule has 5 heteroatoms. The maximum atomic E-state index is 13.1. The summed E-state index contributed by atoms with van der Waals surface area (Å²) in [5.74, 6) is -0.0850. The van der Waals surface area contributed by atoms with Gasteiger partial charge in [-0.3, -0.25) is 9.59 Å². The molecule has 4 nitrogen and oxygen atoms in total. The molecule has 27 heavy (non-hydrogen) atoms.